The van der Waals surface area contributed by atoms with Crippen LogP contribution in [-0.2, 0) is 7.05 Å². The zero-order valence-electron chi connectivity index (χ0n) is 13.2. The zero-order valence-corrected chi connectivity index (χ0v) is 14.0. The lowest BCUT2D eigenvalue weighted by Crippen LogP contribution is -2.18. The van der Waals surface area contributed by atoms with Crippen LogP contribution in [0.1, 0.15) is 10.9 Å². The Morgan fingerprint density at radius 2 is 2.24 bits per heavy atom. The predicted octanol–water partition coefficient (Wildman–Crippen LogP) is 4.06. The van der Waals surface area contributed by atoms with Crippen LogP contribution in [0.5, 0.6) is 0 Å². The maximum absolute atomic E-state index is 14.4. The summed E-state index contributed by atoms with van der Waals surface area (Å²) in [5.41, 5.74) is 1.80. The third kappa shape index (κ3) is 2.74. The molecule has 0 radical (unpaired) electrons. The van der Waals surface area contributed by atoms with Crippen molar-refractivity contribution in [2.24, 2.45) is 7.05 Å². The lowest BCUT2D eigenvalue weighted by molar-refractivity contribution is -0.385. The zero-order chi connectivity index (χ0) is 17.6. The van der Waals surface area contributed by atoms with Gasteiger partial charge in [0.05, 0.1) is 39.6 Å². The number of benzene rings is 1. The Balaban J connectivity index is 1.70. The van der Waals surface area contributed by atoms with Gasteiger partial charge >= 0.3 is 0 Å². The molecule has 0 bridgehead atoms. The average Bonchev–Trinajstić information content (AvgIpc) is 3.20. The topological polar surface area (TPSA) is 64.2 Å². The molecule has 2 aliphatic heterocycles. The van der Waals surface area contributed by atoms with E-state index >= 15 is 0 Å². The van der Waals surface area contributed by atoms with Gasteiger partial charge in [0.15, 0.2) is 5.82 Å². The summed E-state index contributed by atoms with van der Waals surface area (Å²) in [7, 11) is 1.91. The van der Waals surface area contributed by atoms with Gasteiger partial charge in [-0.15, -0.1) is 11.8 Å². The molecule has 0 saturated carbocycles. The maximum Gasteiger partial charge on any atom is 0.272 e. The van der Waals surface area contributed by atoms with Crippen LogP contribution in [0.15, 0.2) is 65.8 Å². The van der Waals surface area contributed by atoms with Crippen LogP contribution in [0.2, 0.25) is 0 Å². The largest absolute Gasteiger partial charge is 0.340 e. The molecule has 3 heterocycles. The minimum Gasteiger partial charge on any atom is -0.340 e. The fourth-order valence-electron chi connectivity index (χ4n) is 2.82. The number of allylic oxidation sites excluding steroid dienone is 2. The van der Waals surface area contributed by atoms with Gasteiger partial charge in [0.25, 0.3) is 5.69 Å². The van der Waals surface area contributed by atoms with Gasteiger partial charge in [-0.1, -0.05) is 0 Å². The van der Waals surface area contributed by atoms with Crippen LogP contribution in [0.25, 0.3) is 0 Å². The number of thioether (sulfide) groups is 1. The smallest absolute Gasteiger partial charge is 0.272 e. The summed E-state index contributed by atoms with van der Waals surface area (Å²) < 4.78 is 16.3. The molecule has 4 rings (SSSR count). The molecule has 1 aromatic carbocycles. The van der Waals surface area contributed by atoms with Gasteiger partial charge in [-0.25, -0.2) is 9.37 Å². The van der Waals surface area contributed by atoms with E-state index in [4.69, 9.17) is 0 Å². The Hall–Kier alpha value is -2.87. The molecular formula is C17H13FN4O2S. The first-order valence-corrected chi connectivity index (χ1v) is 8.39. The minimum atomic E-state index is -0.632. The number of non-ortho nitro benzene ring substituents is 1. The van der Waals surface area contributed by atoms with Crippen LogP contribution in [0.4, 0.5) is 15.8 Å². The first kappa shape index (κ1) is 15.6. The van der Waals surface area contributed by atoms with Crippen LogP contribution >= 0.6 is 11.8 Å². The van der Waals surface area contributed by atoms with Gasteiger partial charge in [-0.05, 0) is 24.3 Å². The van der Waals surface area contributed by atoms with E-state index < -0.39 is 10.7 Å². The summed E-state index contributed by atoms with van der Waals surface area (Å²) in [6, 6.07) is 3.68. The first-order valence-electron chi connectivity index (χ1n) is 7.51. The van der Waals surface area contributed by atoms with Crippen molar-refractivity contribution < 1.29 is 9.31 Å². The van der Waals surface area contributed by atoms with Crippen molar-refractivity contribution >= 4 is 23.1 Å². The summed E-state index contributed by atoms with van der Waals surface area (Å²) in [5.74, 6) is -0.632. The van der Waals surface area contributed by atoms with Crippen molar-refractivity contribution in [2.75, 3.05) is 4.90 Å². The lowest BCUT2D eigenvalue weighted by Gasteiger charge is -2.25. The summed E-state index contributed by atoms with van der Waals surface area (Å²) >= 11 is 1.64. The number of anilines is 1. The molecule has 0 amide bonds. The molecule has 1 unspecified atom stereocenters. The van der Waals surface area contributed by atoms with Crippen LogP contribution in [0.3, 0.4) is 0 Å². The molecule has 126 valence electrons. The van der Waals surface area contributed by atoms with Crippen molar-refractivity contribution in [1.29, 1.82) is 0 Å². The number of hydrogen-bond acceptors (Lipinski definition) is 5. The average molecular weight is 356 g/mol. The number of nitro benzene ring substituents is 1. The fraction of sp³-hybridized carbons (Fsp3) is 0.118. The summed E-state index contributed by atoms with van der Waals surface area (Å²) in [4.78, 5) is 17.3. The molecule has 2 aromatic rings. The normalized spacial score (nSPS) is 18.8. The highest BCUT2D eigenvalue weighted by atomic mass is 32.2. The van der Waals surface area contributed by atoms with Gasteiger partial charge in [0, 0.05) is 30.4 Å². The number of fused-ring (bicyclic) bond motifs is 1. The van der Waals surface area contributed by atoms with Crippen molar-refractivity contribution in [3.63, 3.8) is 0 Å². The lowest BCUT2D eigenvalue weighted by atomic mass is 10.1. The van der Waals surface area contributed by atoms with E-state index in [1.54, 1.807) is 29.2 Å². The number of aromatic nitrogens is 2. The highest BCUT2D eigenvalue weighted by molar-refractivity contribution is 8.04. The van der Waals surface area contributed by atoms with Gasteiger partial charge < -0.3 is 9.47 Å². The third-order valence-electron chi connectivity index (χ3n) is 3.98. The highest BCUT2D eigenvalue weighted by Crippen LogP contribution is 2.49. The molecule has 1 aromatic heterocycles. The Kier molecular flexibility index (Phi) is 3.69. The molecule has 0 N–H and O–H groups in total. The van der Waals surface area contributed by atoms with Crippen molar-refractivity contribution in [3.05, 3.63) is 87.4 Å². The second-order valence-electron chi connectivity index (χ2n) is 5.69. The van der Waals surface area contributed by atoms with Gasteiger partial charge in [0.1, 0.15) is 0 Å². The molecule has 0 aliphatic carbocycles. The summed E-state index contributed by atoms with van der Waals surface area (Å²) in [6.45, 7) is 0. The quantitative estimate of drug-likeness (QED) is 0.613. The van der Waals surface area contributed by atoms with E-state index in [0.717, 1.165) is 22.4 Å². The van der Waals surface area contributed by atoms with Gasteiger partial charge in [-0.3, -0.25) is 10.1 Å². The number of nitrogens with zero attached hydrogens (tertiary/aromatic N) is 4. The highest BCUT2D eigenvalue weighted by Gasteiger charge is 2.30. The molecule has 0 saturated heterocycles. The number of imidazole rings is 1. The molecule has 0 fully saturated rings. The van der Waals surface area contributed by atoms with E-state index in [1.165, 1.54) is 12.1 Å². The molecule has 8 heteroatoms. The Bertz CT molecular complexity index is 963. The monoisotopic (exact) mass is 356 g/mol. The molecule has 1 atom stereocenters. The van der Waals surface area contributed by atoms with Crippen molar-refractivity contribution in [3.8, 4) is 0 Å². The van der Waals surface area contributed by atoms with E-state index in [0.29, 0.717) is 0 Å². The standard InChI is InChI=1S/C17H13FN4O2S/c1-20-9-13(19-10-20)17-8-15-16(25-17)3-2-6-21(15)14-5-4-11(22(23)24)7-12(14)18/h2-10,17H,1H3. The Morgan fingerprint density at radius 1 is 1.40 bits per heavy atom. The first-order chi connectivity index (χ1) is 12.0. The van der Waals surface area contributed by atoms with Crippen LogP contribution < -0.4 is 4.90 Å². The van der Waals surface area contributed by atoms with E-state index in [2.05, 4.69) is 4.98 Å². The third-order valence-corrected chi connectivity index (χ3v) is 5.21. The number of hydrogen-bond donors (Lipinski definition) is 0. The van der Waals surface area contributed by atoms with E-state index in [1.807, 2.05) is 36.0 Å². The van der Waals surface area contributed by atoms with E-state index in [9.17, 15) is 14.5 Å². The number of rotatable bonds is 3. The second kappa shape index (κ2) is 5.89. The Labute approximate surface area is 147 Å². The predicted molar refractivity (Wildman–Crippen MR) is 94.4 cm³/mol. The molecule has 25 heavy (non-hydrogen) atoms. The second-order valence-corrected chi connectivity index (χ2v) is 6.87. The minimum absolute atomic E-state index is 0.0472. The summed E-state index contributed by atoms with van der Waals surface area (Å²) in [5, 5.41) is 10.9. The maximum atomic E-state index is 14.4. The van der Waals surface area contributed by atoms with E-state index in [-0.39, 0.29) is 16.6 Å². The number of nitro groups is 1. The molecule has 0 spiro atoms. The molecule has 6 nitrogen and oxygen atoms in total. The van der Waals surface area contributed by atoms with Crippen LogP contribution in [0, 0.1) is 15.9 Å². The Morgan fingerprint density at radius 3 is 2.92 bits per heavy atom. The molecule has 2 aliphatic rings. The van der Waals surface area contributed by atoms with Crippen molar-refractivity contribution in [2.45, 2.75) is 5.25 Å². The van der Waals surface area contributed by atoms with Crippen LogP contribution in [-0.4, -0.2) is 14.5 Å². The summed E-state index contributed by atoms with van der Waals surface area (Å²) in [6.07, 6.45) is 11.3. The van der Waals surface area contributed by atoms with Crippen molar-refractivity contribution in [1.82, 2.24) is 9.55 Å². The number of aryl methyl sites for hydroxylation is 1. The van der Waals surface area contributed by atoms with Gasteiger partial charge in [0.2, 0.25) is 0 Å². The SMILES string of the molecule is Cn1cnc(C2C=C3C(=CC=CN3c3ccc([N+](=O)[O-])cc3F)S2)c1. The number of halogens is 1. The fourth-order valence-corrected chi connectivity index (χ4v) is 3.97. The van der Waals surface area contributed by atoms with Gasteiger partial charge in [-0.2, -0.15) is 0 Å². The molecular weight excluding hydrogens is 343 g/mol.